The van der Waals surface area contributed by atoms with Crippen LogP contribution in [0.5, 0.6) is 0 Å². The minimum absolute atomic E-state index is 0.781. The molecule has 0 aliphatic carbocycles. The third kappa shape index (κ3) is 3.38. The third-order valence-corrected chi connectivity index (χ3v) is 9.04. The highest BCUT2D eigenvalue weighted by atomic mass is 79.9. The minimum atomic E-state index is -1.62. The highest BCUT2D eigenvalue weighted by Gasteiger charge is 2.32. The van der Waals surface area contributed by atoms with Crippen LogP contribution in [0, 0.1) is 0 Å². The van der Waals surface area contributed by atoms with E-state index in [9.17, 15) is 0 Å². The zero-order chi connectivity index (χ0) is 18.7. The Morgan fingerprint density at radius 2 is 0.852 bits per heavy atom. The van der Waals surface area contributed by atoms with E-state index in [1.165, 1.54) is 19.6 Å². The van der Waals surface area contributed by atoms with Crippen molar-refractivity contribution in [2.24, 2.45) is 0 Å². The molecule has 0 nitrogen and oxygen atoms in total. The minimum Gasteiger partial charge on any atom is -0.133 e. The molecule has 0 heterocycles. The molecule has 0 aliphatic heterocycles. The maximum Gasteiger partial charge on any atom is 0.113 e. The second-order valence-electron chi connectivity index (χ2n) is 6.26. The molecule has 4 aromatic rings. The zero-order valence-electron chi connectivity index (χ0n) is 14.8. The van der Waals surface area contributed by atoms with E-state index in [1.807, 2.05) is 12.1 Å². The van der Waals surface area contributed by atoms with Gasteiger partial charge in [0.1, 0.15) is 7.85 Å². The maximum atomic E-state index is 6.01. The molecule has 0 amide bonds. The molecule has 27 heavy (non-hydrogen) atoms. The molecular weight excluding hydrogens is 411 g/mol. The summed E-state index contributed by atoms with van der Waals surface area (Å²) in [5.41, 5.74) is 0.781. The Labute approximate surface area is 172 Å². The van der Waals surface area contributed by atoms with Gasteiger partial charge in [-0.2, -0.15) is 0 Å². The lowest BCUT2D eigenvalue weighted by molar-refractivity contribution is 1.24. The Balaban J connectivity index is 2.11. The Morgan fingerprint density at radius 1 is 0.481 bits per heavy atom. The Hall–Kier alpha value is -2.23. The van der Waals surface area contributed by atoms with Crippen LogP contribution in [0.3, 0.4) is 0 Å². The summed E-state index contributed by atoms with van der Waals surface area (Å²) in [4.78, 5) is 5.19. The molecule has 0 bridgehead atoms. The lowest BCUT2D eigenvalue weighted by Crippen LogP contribution is -2.07. The molecule has 4 rings (SSSR count). The SMILES string of the molecule is [B]c1ccc(S(c2ccccc2)(c2ccccc2)c2ccc(Br)cc2)cc1. The molecule has 3 heteroatoms. The molecule has 0 spiro atoms. The van der Waals surface area contributed by atoms with Gasteiger partial charge in [-0.05, 0) is 60.7 Å². The standard InChI is InChI=1S/C24H18BBrS/c25-19-11-15-23(16-12-19)27(21-7-3-1-4-8-21,22-9-5-2-6-10-22)24-17-13-20(26)14-18-24/h1-18H. The number of rotatable bonds is 4. The molecule has 0 aliphatic rings. The van der Waals surface area contributed by atoms with Crippen molar-refractivity contribution in [1.29, 1.82) is 0 Å². The predicted molar refractivity (Wildman–Crippen MR) is 120 cm³/mol. The van der Waals surface area contributed by atoms with E-state index in [2.05, 4.69) is 113 Å². The molecular formula is C24H18BBrS. The lowest BCUT2D eigenvalue weighted by Gasteiger charge is -2.42. The second kappa shape index (κ2) is 7.79. The van der Waals surface area contributed by atoms with Gasteiger partial charge in [0.05, 0.1) is 0 Å². The number of halogens is 1. The van der Waals surface area contributed by atoms with E-state index in [-0.39, 0.29) is 0 Å². The summed E-state index contributed by atoms with van der Waals surface area (Å²) >= 11 is 3.58. The van der Waals surface area contributed by atoms with Crippen LogP contribution < -0.4 is 5.46 Å². The van der Waals surface area contributed by atoms with Gasteiger partial charge in [0.2, 0.25) is 0 Å². The zero-order valence-corrected chi connectivity index (χ0v) is 17.2. The predicted octanol–water partition coefficient (Wildman–Crippen LogP) is 6.58. The van der Waals surface area contributed by atoms with Gasteiger partial charge in [0.15, 0.2) is 0 Å². The summed E-state index contributed by atoms with van der Waals surface area (Å²) in [6, 6.07) is 38.6. The molecule has 0 aromatic heterocycles. The highest BCUT2D eigenvalue weighted by molar-refractivity contribution is 9.10. The summed E-state index contributed by atoms with van der Waals surface area (Å²) in [5, 5.41) is 0. The maximum absolute atomic E-state index is 6.01. The fraction of sp³-hybridized carbons (Fsp3) is 0. The molecule has 0 atom stereocenters. The van der Waals surface area contributed by atoms with E-state index in [0.717, 1.165) is 9.94 Å². The van der Waals surface area contributed by atoms with E-state index in [4.69, 9.17) is 7.85 Å². The summed E-state index contributed by atoms with van der Waals surface area (Å²) in [7, 11) is 4.39. The average molecular weight is 429 g/mol. The number of benzene rings is 4. The van der Waals surface area contributed by atoms with Gasteiger partial charge in [-0.25, -0.2) is 0 Å². The Kier molecular flexibility index (Phi) is 5.24. The van der Waals surface area contributed by atoms with Crippen molar-refractivity contribution in [2.75, 3.05) is 0 Å². The van der Waals surface area contributed by atoms with Gasteiger partial charge >= 0.3 is 0 Å². The van der Waals surface area contributed by atoms with E-state index >= 15 is 0 Å². The summed E-state index contributed by atoms with van der Waals surface area (Å²) in [5.74, 6) is 0. The topological polar surface area (TPSA) is 0 Å². The van der Waals surface area contributed by atoms with Gasteiger partial charge in [0.25, 0.3) is 0 Å². The van der Waals surface area contributed by atoms with Gasteiger partial charge in [-0.3, -0.25) is 0 Å². The number of hydrogen-bond donors (Lipinski definition) is 0. The smallest absolute Gasteiger partial charge is 0.113 e. The molecule has 0 N–H and O–H groups in total. The number of hydrogen-bond acceptors (Lipinski definition) is 0. The van der Waals surface area contributed by atoms with Gasteiger partial charge in [0, 0.05) is 24.1 Å². The van der Waals surface area contributed by atoms with E-state index in [1.54, 1.807) is 0 Å². The molecule has 0 unspecified atom stereocenters. The van der Waals surface area contributed by atoms with Gasteiger partial charge < -0.3 is 0 Å². The first-order chi connectivity index (χ1) is 13.2. The average Bonchev–Trinajstić information content (AvgIpc) is 2.73. The van der Waals surface area contributed by atoms with E-state index in [0.29, 0.717) is 0 Å². The van der Waals surface area contributed by atoms with Gasteiger partial charge in [-0.1, -0.05) is 69.9 Å². The summed E-state index contributed by atoms with van der Waals surface area (Å²) < 4.78 is 1.08. The fourth-order valence-corrected chi connectivity index (χ4v) is 7.49. The van der Waals surface area contributed by atoms with Crippen LogP contribution in [0.4, 0.5) is 0 Å². The normalized spacial score (nSPS) is 11.9. The monoisotopic (exact) mass is 428 g/mol. The van der Waals surface area contributed by atoms with Crippen LogP contribution in [0.15, 0.2) is 133 Å². The Morgan fingerprint density at radius 3 is 1.30 bits per heavy atom. The summed E-state index contributed by atoms with van der Waals surface area (Å²) in [6.45, 7) is 0. The van der Waals surface area contributed by atoms with Crippen molar-refractivity contribution >= 4 is 39.3 Å². The van der Waals surface area contributed by atoms with Crippen LogP contribution in [0.25, 0.3) is 0 Å². The fourth-order valence-electron chi connectivity index (χ4n) is 3.38. The van der Waals surface area contributed by atoms with Crippen LogP contribution >= 0.6 is 26.0 Å². The van der Waals surface area contributed by atoms with Crippen molar-refractivity contribution in [3.63, 3.8) is 0 Å². The quantitative estimate of drug-likeness (QED) is 0.322. The molecule has 4 aromatic carbocycles. The van der Waals surface area contributed by atoms with Crippen molar-refractivity contribution < 1.29 is 0 Å². The highest BCUT2D eigenvalue weighted by Crippen LogP contribution is 2.73. The van der Waals surface area contributed by atoms with Crippen LogP contribution in [0.2, 0.25) is 0 Å². The second-order valence-corrected chi connectivity index (χ2v) is 10.3. The molecule has 0 saturated heterocycles. The van der Waals surface area contributed by atoms with Crippen molar-refractivity contribution in [3.8, 4) is 0 Å². The van der Waals surface area contributed by atoms with Crippen LogP contribution in [0.1, 0.15) is 0 Å². The van der Waals surface area contributed by atoms with Crippen molar-refractivity contribution in [1.82, 2.24) is 0 Å². The molecule has 0 fully saturated rings. The first-order valence-corrected chi connectivity index (χ1v) is 11.2. The summed E-state index contributed by atoms with van der Waals surface area (Å²) in [6.07, 6.45) is 0. The largest absolute Gasteiger partial charge is 0.133 e. The molecule has 0 saturated carbocycles. The first-order valence-electron chi connectivity index (χ1n) is 8.76. The Bertz CT molecular complexity index is 926. The van der Waals surface area contributed by atoms with E-state index < -0.39 is 10.0 Å². The van der Waals surface area contributed by atoms with Crippen LogP contribution in [-0.4, -0.2) is 7.85 Å². The molecule has 2 radical (unpaired) electrons. The first kappa shape index (κ1) is 18.2. The van der Waals surface area contributed by atoms with Crippen LogP contribution in [-0.2, 0) is 0 Å². The van der Waals surface area contributed by atoms with Gasteiger partial charge in [-0.15, -0.1) is 10.0 Å². The lowest BCUT2D eigenvalue weighted by atomic mass is 9.97. The van der Waals surface area contributed by atoms with Crippen molar-refractivity contribution in [2.45, 2.75) is 19.6 Å². The third-order valence-electron chi connectivity index (χ3n) is 4.59. The molecule has 130 valence electrons. The van der Waals surface area contributed by atoms with Crippen molar-refractivity contribution in [3.05, 3.63) is 114 Å².